The average molecular weight is 318 g/mol. The zero-order valence-electron chi connectivity index (χ0n) is 11.3. The lowest BCUT2D eigenvalue weighted by molar-refractivity contribution is 0.0302. The van der Waals surface area contributed by atoms with Crippen LogP contribution in [0.1, 0.15) is 21.5 Å². The number of aryl methyl sites for hydroxylation is 1. The number of morpholine rings is 1. The van der Waals surface area contributed by atoms with Crippen LogP contribution < -0.4 is 0 Å². The molecule has 0 aromatic heterocycles. The van der Waals surface area contributed by atoms with Gasteiger partial charge in [0.05, 0.1) is 18.1 Å². The van der Waals surface area contributed by atoms with Gasteiger partial charge in [0.1, 0.15) is 0 Å². The van der Waals surface area contributed by atoms with Gasteiger partial charge in [-0.1, -0.05) is 0 Å². The van der Waals surface area contributed by atoms with Crippen molar-refractivity contribution >= 4 is 25.6 Å². The first kappa shape index (κ1) is 15.3. The fourth-order valence-corrected chi connectivity index (χ4v) is 2.97. The summed E-state index contributed by atoms with van der Waals surface area (Å²) in [4.78, 5) is 14.1. The minimum Gasteiger partial charge on any atom is -0.378 e. The van der Waals surface area contributed by atoms with Gasteiger partial charge in [-0.15, -0.1) is 0 Å². The van der Waals surface area contributed by atoms with Crippen LogP contribution >= 0.6 is 10.7 Å². The Kier molecular flexibility index (Phi) is 4.36. The third-order valence-electron chi connectivity index (χ3n) is 3.45. The third kappa shape index (κ3) is 3.13. The Hall–Kier alpha value is -1.11. The zero-order chi connectivity index (χ0) is 14.9. The molecule has 1 aromatic carbocycles. The molecule has 1 heterocycles. The van der Waals surface area contributed by atoms with Crippen molar-refractivity contribution in [2.24, 2.45) is 0 Å². The molecular formula is C13H16ClNO4S. The predicted octanol–water partition coefficient (Wildman–Crippen LogP) is 1.70. The number of carbonyl (C=O) groups excluding carboxylic acids is 1. The second-order valence-corrected chi connectivity index (χ2v) is 7.32. The number of benzene rings is 1. The number of hydrogen-bond donors (Lipinski definition) is 0. The summed E-state index contributed by atoms with van der Waals surface area (Å²) in [7, 11) is 1.52. The Labute approximate surface area is 122 Å². The number of rotatable bonds is 2. The number of hydrogen-bond acceptors (Lipinski definition) is 4. The normalized spacial score (nSPS) is 16.2. The first-order valence-electron chi connectivity index (χ1n) is 6.23. The van der Waals surface area contributed by atoms with E-state index in [2.05, 4.69) is 0 Å². The Balaban J connectivity index is 2.44. The smallest absolute Gasteiger partial charge is 0.261 e. The molecule has 7 heteroatoms. The topological polar surface area (TPSA) is 63.7 Å². The SMILES string of the molecule is Cc1cc(S(=O)(=O)Cl)cc(C(=O)N2CCOCC2)c1C. The zero-order valence-corrected chi connectivity index (χ0v) is 12.9. The Morgan fingerprint density at radius 1 is 1.25 bits per heavy atom. The molecule has 0 unspecified atom stereocenters. The molecule has 0 N–H and O–H groups in total. The lowest BCUT2D eigenvalue weighted by atomic mass is 10.0. The van der Waals surface area contributed by atoms with Crippen molar-refractivity contribution in [2.45, 2.75) is 18.7 Å². The lowest BCUT2D eigenvalue weighted by Gasteiger charge is -2.27. The fraction of sp³-hybridized carbons (Fsp3) is 0.462. The Morgan fingerprint density at radius 3 is 2.40 bits per heavy atom. The molecule has 1 fully saturated rings. The first-order valence-corrected chi connectivity index (χ1v) is 8.54. The van der Waals surface area contributed by atoms with Gasteiger partial charge in [-0.05, 0) is 37.1 Å². The number of halogens is 1. The molecule has 0 saturated carbocycles. The Bertz CT molecular complexity index is 636. The average Bonchev–Trinajstić information content (AvgIpc) is 2.40. The van der Waals surface area contributed by atoms with Crippen LogP contribution in [0.5, 0.6) is 0 Å². The molecule has 110 valence electrons. The highest BCUT2D eigenvalue weighted by atomic mass is 35.7. The molecule has 2 rings (SSSR count). The van der Waals surface area contributed by atoms with Crippen LogP contribution in [0, 0.1) is 13.8 Å². The predicted molar refractivity (Wildman–Crippen MR) is 75.7 cm³/mol. The van der Waals surface area contributed by atoms with Crippen LogP contribution in [-0.2, 0) is 13.8 Å². The Morgan fingerprint density at radius 2 is 1.85 bits per heavy atom. The standard InChI is InChI=1S/C13H16ClNO4S/c1-9-7-11(20(14,17)18)8-12(10(9)2)13(16)15-3-5-19-6-4-15/h7-8H,3-6H2,1-2H3. The van der Waals surface area contributed by atoms with E-state index >= 15 is 0 Å². The van der Waals surface area contributed by atoms with Crippen LogP contribution in [0.2, 0.25) is 0 Å². The molecule has 0 atom stereocenters. The van der Waals surface area contributed by atoms with Crippen molar-refractivity contribution in [1.82, 2.24) is 4.90 Å². The molecule has 1 aliphatic heterocycles. The van der Waals surface area contributed by atoms with E-state index in [0.717, 1.165) is 11.1 Å². The van der Waals surface area contributed by atoms with Gasteiger partial charge in [0.2, 0.25) is 0 Å². The van der Waals surface area contributed by atoms with Gasteiger partial charge in [-0.25, -0.2) is 8.42 Å². The summed E-state index contributed by atoms with van der Waals surface area (Å²) in [6, 6.07) is 2.83. The van der Waals surface area contributed by atoms with Gasteiger partial charge in [0, 0.05) is 29.3 Å². The van der Waals surface area contributed by atoms with Crippen molar-refractivity contribution < 1.29 is 17.9 Å². The van der Waals surface area contributed by atoms with Crippen molar-refractivity contribution in [1.29, 1.82) is 0 Å². The van der Waals surface area contributed by atoms with Gasteiger partial charge in [0.15, 0.2) is 0 Å². The van der Waals surface area contributed by atoms with Crippen molar-refractivity contribution in [2.75, 3.05) is 26.3 Å². The summed E-state index contributed by atoms with van der Waals surface area (Å²) in [5.74, 6) is -0.184. The molecule has 0 spiro atoms. The number of amides is 1. The summed E-state index contributed by atoms with van der Waals surface area (Å²) >= 11 is 0. The van der Waals surface area contributed by atoms with Gasteiger partial charge in [-0.2, -0.15) is 0 Å². The molecule has 20 heavy (non-hydrogen) atoms. The highest BCUT2D eigenvalue weighted by molar-refractivity contribution is 8.13. The summed E-state index contributed by atoms with van der Waals surface area (Å²) in [6.45, 7) is 5.57. The van der Waals surface area contributed by atoms with Crippen LogP contribution in [0.3, 0.4) is 0 Å². The highest BCUT2D eigenvalue weighted by Crippen LogP contribution is 2.24. The van der Waals surface area contributed by atoms with Crippen LogP contribution in [0.15, 0.2) is 17.0 Å². The monoisotopic (exact) mass is 317 g/mol. The van der Waals surface area contributed by atoms with Crippen molar-refractivity contribution in [3.63, 3.8) is 0 Å². The summed E-state index contributed by atoms with van der Waals surface area (Å²) in [5.41, 5.74) is 1.88. The van der Waals surface area contributed by atoms with Gasteiger partial charge >= 0.3 is 0 Å². The van der Waals surface area contributed by atoms with Gasteiger partial charge < -0.3 is 9.64 Å². The van der Waals surface area contributed by atoms with Crippen LogP contribution in [0.4, 0.5) is 0 Å². The van der Waals surface area contributed by atoms with E-state index in [0.29, 0.717) is 31.9 Å². The minimum absolute atomic E-state index is 0.0427. The van der Waals surface area contributed by atoms with Gasteiger partial charge in [0.25, 0.3) is 15.0 Å². The van der Waals surface area contributed by atoms with E-state index in [4.69, 9.17) is 15.4 Å². The second kappa shape index (κ2) is 5.71. The van der Waals surface area contributed by atoms with Crippen molar-refractivity contribution in [3.05, 3.63) is 28.8 Å². The van der Waals surface area contributed by atoms with E-state index < -0.39 is 9.05 Å². The molecule has 1 saturated heterocycles. The molecule has 0 radical (unpaired) electrons. The van der Waals surface area contributed by atoms with Crippen LogP contribution in [0.25, 0.3) is 0 Å². The van der Waals surface area contributed by atoms with Crippen molar-refractivity contribution in [3.8, 4) is 0 Å². The third-order valence-corrected chi connectivity index (χ3v) is 4.78. The molecular weight excluding hydrogens is 302 g/mol. The molecule has 0 aliphatic carbocycles. The fourth-order valence-electron chi connectivity index (χ4n) is 2.13. The minimum atomic E-state index is -3.85. The van der Waals surface area contributed by atoms with E-state index in [9.17, 15) is 13.2 Å². The molecule has 0 bridgehead atoms. The van der Waals surface area contributed by atoms with E-state index in [1.807, 2.05) is 0 Å². The maximum Gasteiger partial charge on any atom is 0.261 e. The molecule has 1 amide bonds. The summed E-state index contributed by atoms with van der Waals surface area (Å²) < 4.78 is 28.1. The lowest BCUT2D eigenvalue weighted by Crippen LogP contribution is -2.41. The highest BCUT2D eigenvalue weighted by Gasteiger charge is 2.23. The molecule has 1 aromatic rings. The number of ether oxygens (including phenoxy) is 1. The largest absolute Gasteiger partial charge is 0.378 e. The second-order valence-electron chi connectivity index (χ2n) is 4.76. The van der Waals surface area contributed by atoms with E-state index in [-0.39, 0.29) is 10.8 Å². The van der Waals surface area contributed by atoms with Gasteiger partial charge in [-0.3, -0.25) is 4.79 Å². The number of carbonyl (C=O) groups is 1. The summed E-state index contributed by atoms with van der Waals surface area (Å²) in [6.07, 6.45) is 0. The van der Waals surface area contributed by atoms with E-state index in [1.54, 1.807) is 18.7 Å². The molecule has 5 nitrogen and oxygen atoms in total. The number of nitrogens with zero attached hydrogens (tertiary/aromatic N) is 1. The quantitative estimate of drug-likeness (QED) is 0.779. The van der Waals surface area contributed by atoms with Crippen LogP contribution in [-0.4, -0.2) is 45.5 Å². The molecule has 1 aliphatic rings. The first-order chi connectivity index (χ1) is 9.30. The maximum atomic E-state index is 12.5. The maximum absolute atomic E-state index is 12.5. The summed E-state index contributed by atoms with van der Waals surface area (Å²) in [5, 5.41) is 0. The van der Waals surface area contributed by atoms with E-state index in [1.165, 1.54) is 12.1 Å².